The van der Waals surface area contributed by atoms with Gasteiger partial charge in [-0.2, -0.15) is 0 Å². The van der Waals surface area contributed by atoms with E-state index >= 15 is 0 Å². The lowest BCUT2D eigenvalue weighted by Gasteiger charge is -2.06. The number of rotatable bonds is 4. The Morgan fingerprint density at radius 2 is 2.33 bits per heavy atom. The number of allylic oxidation sites excluding steroid dienone is 2. The molecule has 1 aliphatic rings. The van der Waals surface area contributed by atoms with E-state index in [1.165, 1.54) is 0 Å². The predicted molar refractivity (Wildman–Crippen MR) is 48.1 cm³/mol. The molecular weight excluding hydrogens is 176 g/mol. The third kappa shape index (κ3) is 2.86. The third-order valence-corrected chi connectivity index (χ3v) is 2.32. The van der Waals surface area contributed by atoms with Crippen molar-refractivity contribution in [3.63, 3.8) is 0 Å². The summed E-state index contributed by atoms with van der Waals surface area (Å²) in [6, 6.07) is 0. The van der Waals surface area contributed by atoms with Crippen molar-refractivity contribution >= 4 is 17.6 Å². The van der Waals surface area contributed by atoms with Gasteiger partial charge in [-0.25, -0.2) is 0 Å². The molecule has 2 nitrogen and oxygen atoms in total. The first-order valence-electron chi connectivity index (χ1n) is 4.16. The summed E-state index contributed by atoms with van der Waals surface area (Å²) in [6.45, 7) is 1.77. The van der Waals surface area contributed by atoms with Crippen molar-refractivity contribution in [1.29, 1.82) is 0 Å². The Kier molecular flexibility index (Phi) is 3.15. The lowest BCUT2D eigenvalue weighted by atomic mass is 10.00. The van der Waals surface area contributed by atoms with E-state index in [2.05, 4.69) is 0 Å². The highest BCUT2D eigenvalue weighted by atomic mass is 35.5. The van der Waals surface area contributed by atoms with Gasteiger partial charge in [0, 0.05) is 5.03 Å². The van der Waals surface area contributed by atoms with E-state index in [-0.39, 0.29) is 5.92 Å². The number of aliphatic carboxylic acids is 1. The molecule has 1 N–H and O–H groups in total. The smallest absolute Gasteiger partial charge is 0.307 e. The van der Waals surface area contributed by atoms with E-state index in [0.29, 0.717) is 17.4 Å². The van der Waals surface area contributed by atoms with Gasteiger partial charge in [0.1, 0.15) is 0 Å². The second-order valence-electron chi connectivity index (χ2n) is 3.31. The van der Waals surface area contributed by atoms with Gasteiger partial charge in [-0.05, 0) is 32.1 Å². The molecule has 1 saturated carbocycles. The molecule has 0 spiro atoms. The Morgan fingerprint density at radius 3 is 2.67 bits per heavy atom. The van der Waals surface area contributed by atoms with Crippen LogP contribution < -0.4 is 0 Å². The van der Waals surface area contributed by atoms with Gasteiger partial charge in [0.05, 0.1) is 5.92 Å². The number of carboxylic acids is 1. The van der Waals surface area contributed by atoms with Crippen LogP contribution in [0.4, 0.5) is 0 Å². The predicted octanol–water partition coefficient (Wildman–Crippen LogP) is 2.63. The van der Waals surface area contributed by atoms with E-state index in [4.69, 9.17) is 16.7 Å². The number of hydrogen-bond acceptors (Lipinski definition) is 1. The van der Waals surface area contributed by atoms with E-state index in [0.717, 1.165) is 12.8 Å². The summed E-state index contributed by atoms with van der Waals surface area (Å²) in [5.74, 6) is -0.500. The molecule has 0 amide bonds. The van der Waals surface area contributed by atoms with E-state index < -0.39 is 5.97 Å². The zero-order valence-corrected chi connectivity index (χ0v) is 7.84. The number of halogens is 1. The standard InChI is InChI=1S/C9H13ClO2/c1-6(10)2-5-8(9(11)12)7-3-4-7/h2,7-8H,3-5H2,1H3,(H,11,12). The van der Waals surface area contributed by atoms with Crippen molar-refractivity contribution in [2.75, 3.05) is 0 Å². The molecule has 0 radical (unpaired) electrons. The molecule has 0 aromatic carbocycles. The summed E-state index contributed by atoms with van der Waals surface area (Å²) in [5.41, 5.74) is 0. The van der Waals surface area contributed by atoms with Crippen LogP contribution in [0.1, 0.15) is 26.2 Å². The van der Waals surface area contributed by atoms with Crippen LogP contribution >= 0.6 is 11.6 Å². The largest absolute Gasteiger partial charge is 0.481 e. The molecule has 0 aromatic rings. The zero-order chi connectivity index (χ0) is 9.14. The van der Waals surface area contributed by atoms with E-state index in [9.17, 15) is 4.79 Å². The molecule has 0 aromatic heterocycles. The SMILES string of the molecule is CC(Cl)=CCC(C(=O)O)C1CC1. The Balaban J connectivity index is 2.43. The lowest BCUT2D eigenvalue weighted by molar-refractivity contribution is -0.142. The van der Waals surface area contributed by atoms with Crippen molar-refractivity contribution in [3.8, 4) is 0 Å². The molecule has 0 saturated heterocycles. The molecular formula is C9H13ClO2. The van der Waals surface area contributed by atoms with Crippen LogP contribution in [0.25, 0.3) is 0 Å². The van der Waals surface area contributed by atoms with Crippen LogP contribution in [0.2, 0.25) is 0 Å². The second kappa shape index (κ2) is 3.94. The van der Waals surface area contributed by atoms with Crippen LogP contribution in [-0.2, 0) is 4.79 Å². The molecule has 1 aliphatic carbocycles. The fourth-order valence-corrected chi connectivity index (χ4v) is 1.37. The summed E-state index contributed by atoms with van der Waals surface area (Å²) in [4.78, 5) is 10.7. The maximum atomic E-state index is 10.7. The highest BCUT2D eigenvalue weighted by molar-refractivity contribution is 6.29. The Bertz CT molecular complexity index is 203. The molecule has 1 atom stereocenters. The van der Waals surface area contributed by atoms with Crippen LogP contribution in [0.5, 0.6) is 0 Å². The highest BCUT2D eigenvalue weighted by Crippen LogP contribution is 2.39. The van der Waals surface area contributed by atoms with Crippen molar-refractivity contribution in [1.82, 2.24) is 0 Å². The maximum Gasteiger partial charge on any atom is 0.307 e. The Hall–Kier alpha value is -0.500. The van der Waals surface area contributed by atoms with Crippen molar-refractivity contribution in [2.45, 2.75) is 26.2 Å². The minimum Gasteiger partial charge on any atom is -0.481 e. The first kappa shape index (κ1) is 9.59. The first-order valence-corrected chi connectivity index (χ1v) is 4.54. The third-order valence-electron chi connectivity index (χ3n) is 2.16. The van der Waals surface area contributed by atoms with E-state index in [1.807, 2.05) is 0 Å². The molecule has 1 unspecified atom stereocenters. The lowest BCUT2D eigenvalue weighted by Crippen LogP contribution is -2.14. The van der Waals surface area contributed by atoms with Gasteiger partial charge in [-0.1, -0.05) is 17.7 Å². The van der Waals surface area contributed by atoms with Gasteiger partial charge in [0.2, 0.25) is 0 Å². The highest BCUT2D eigenvalue weighted by Gasteiger charge is 2.35. The van der Waals surface area contributed by atoms with Crippen molar-refractivity contribution < 1.29 is 9.90 Å². The van der Waals surface area contributed by atoms with Crippen LogP contribution in [-0.4, -0.2) is 11.1 Å². The van der Waals surface area contributed by atoms with E-state index in [1.54, 1.807) is 13.0 Å². The summed E-state index contributed by atoms with van der Waals surface area (Å²) < 4.78 is 0. The Morgan fingerprint density at radius 1 is 1.75 bits per heavy atom. The average Bonchev–Trinajstić information content (AvgIpc) is 2.69. The quantitative estimate of drug-likeness (QED) is 0.737. The fraction of sp³-hybridized carbons (Fsp3) is 0.667. The van der Waals surface area contributed by atoms with Gasteiger partial charge in [-0.15, -0.1) is 0 Å². The number of hydrogen-bond donors (Lipinski definition) is 1. The molecule has 0 aliphatic heterocycles. The van der Waals surface area contributed by atoms with Crippen molar-refractivity contribution in [3.05, 3.63) is 11.1 Å². The second-order valence-corrected chi connectivity index (χ2v) is 3.90. The molecule has 68 valence electrons. The van der Waals surface area contributed by atoms with Crippen LogP contribution in [0, 0.1) is 11.8 Å². The number of carbonyl (C=O) groups is 1. The Labute approximate surface area is 77.2 Å². The summed E-state index contributed by atoms with van der Waals surface area (Å²) >= 11 is 5.62. The zero-order valence-electron chi connectivity index (χ0n) is 7.09. The van der Waals surface area contributed by atoms with Crippen molar-refractivity contribution in [2.24, 2.45) is 11.8 Å². The van der Waals surface area contributed by atoms with Gasteiger partial charge in [-0.3, -0.25) is 4.79 Å². The molecule has 1 fully saturated rings. The molecule has 3 heteroatoms. The normalized spacial score (nSPS) is 20.7. The van der Waals surface area contributed by atoms with Gasteiger partial charge in [0.15, 0.2) is 0 Å². The topological polar surface area (TPSA) is 37.3 Å². The summed E-state index contributed by atoms with van der Waals surface area (Å²) in [5, 5.41) is 9.51. The number of carboxylic acid groups (broad SMARTS) is 1. The average molecular weight is 189 g/mol. The first-order chi connectivity index (χ1) is 5.61. The fourth-order valence-electron chi connectivity index (χ4n) is 1.28. The summed E-state index contributed by atoms with van der Waals surface area (Å²) in [6.07, 6.45) is 4.49. The minimum atomic E-state index is -0.688. The molecule has 0 bridgehead atoms. The molecule has 12 heavy (non-hydrogen) atoms. The van der Waals surface area contributed by atoms with Crippen LogP contribution in [0.15, 0.2) is 11.1 Å². The monoisotopic (exact) mass is 188 g/mol. The van der Waals surface area contributed by atoms with Gasteiger partial charge >= 0.3 is 5.97 Å². The van der Waals surface area contributed by atoms with Gasteiger partial charge < -0.3 is 5.11 Å². The molecule has 0 heterocycles. The van der Waals surface area contributed by atoms with Crippen LogP contribution in [0.3, 0.4) is 0 Å². The molecule has 1 rings (SSSR count). The van der Waals surface area contributed by atoms with Gasteiger partial charge in [0.25, 0.3) is 0 Å². The summed E-state index contributed by atoms with van der Waals surface area (Å²) in [7, 11) is 0. The minimum absolute atomic E-state index is 0.210. The maximum absolute atomic E-state index is 10.7.